The van der Waals surface area contributed by atoms with Gasteiger partial charge in [0.1, 0.15) is 17.1 Å². The van der Waals surface area contributed by atoms with Crippen molar-refractivity contribution in [1.29, 1.82) is 0 Å². The van der Waals surface area contributed by atoms with Gasteiger partial charge in [-0.05, 0) is 37.6 Å². The number of phenols is 1. The quantitative estimate of drug-likeness (QED) is 0.764. The minimum absolute atomic E-state index is 0.197. The minimum atomic E-state index is -0.362. The number of phenolic OH excluding ortho intramolecular Hbond substituents is 1. The van der Waals surface area contributed by atoms with Crippen LogP contribution in [0.2, 0.25) is 0 Å². The molecule has 0 aliphatic rings. The van der Waals surface area contributed by atoms with Crippen LogP contribution in [0.4, 0.5) is 0 Å². The molecule has 0 saturated heterocycles. The van der Waals surface area contributed by atoms with Crippen molar-refractivity contribution in [3.8, 4) is 5.75 Å². The molecule has 7 heteroatoms. The number of aromatic amines is 1. The molecule has 2 heterocycles. The topological polar surface area (TPSA) is 92.9 Å². The number of imidazole rings is 1. The second kappa shape index (κ2) is 6.19. The predicted molar refractivity (Wildman–Crippen MR) is 93.0 cm³/mol. The van der Waals surface area contributed by atoms with E-state index in [1.54, 1.807) is 37.3 Å². The SMILES string of the molecule is CCn1c(=O)c2[nH]c(/C=C/c3ccc(O)cc3)nc2n(CC)c1=O. The fraction of sp³-hybridized carbons (Fsp3) is 0.235. The van der Waals surface area contributed by atoms with Crippen LogP contribution in [0.3, 0.4) is 0 Å². The van der Waals surface area contributed by atoms with Gasteiger partial charge in [-0.3, -0.25) is 13.9 Å². The number of hydrogen-bond acceptors (Lipinski definition) is 4. The van der Waals surface area contributed by atoms with Crippen LogP contribution in [0.5, 0.6) is 5.75 Å². The lowest BCUT2D eigenvalue weighted by atomic mass is 10.2. The zero-order valence-electron chi connectivity index (χ0n) is 13.5. The third-order valence-corrected chi connectivity index (χ3v) is 3.84. The Morgan fingerprint density at radius 2 is 1.75 bits per heavy atom. The number of aryl methyl sites for hydroxylation is 1. The number of nitrogens with one attached hydrogen (secondary N) is 1. The molecule has 0 atom stereocenters. The van der Waals surface area contributed by atoms with E-state index < -0.39 is 0 Å². The first kappa shape index (κ1) is 15.8. The molecule has 2 N–H and O–H groups in total. The number of aromatic hydroxyl groups is 1. The molecule has 0 bridgehead atoms. The molecule has 0 aliphatic carbocycles. The van der Waals surface area contributed by atoms with Crippen molar-refractivity contribution in [2.75, 3.05) is 0 Å². The van der Waals surface area contributed by atoms with Gasteiger partial charge in [0, 0.05) is 13.1 Å². The number of aromatic nitrogens is 4. The molecular formula is C17H18N4O3. The van der Waals surface area contributed by atoms with Crippen LogP contribution in [0, 0.1) is 0 Å². The third-order valence-electron chi connectivity index (χ3n) is 3.84. The van der Waals surface area contributed by atoms with Gasteiger partial charge in [-0.2, -0.15) is 0 Å². The summed E-state index contributed by atoms with van der Waals surface area (Å²) >= 11 is 0. The number of fused-ring (bicyclic) bond motifs is 1. The first-order valence-corrected chi connectivity index (χ1v) is 7.75. The standard InChI is InChI=1S/C17H18N4O3/c1-3-20-15-14(16(23)21(4-2)17(20)24)18-13(19-15)10-7-11-5-8-12(22)9-6-11/h5-10,22H,3-4H2,1-2H3,(H,18,19)/b10-7+. The summed E-state index contributed by atoms with van der Waals surface area (Å²) < 4.78 is 2.67. The summed E-state index contributed by atoms with van der Waals surface area (Å²) in [6.45, 7) is 4.34. The number of nitrogens with zero attached hydrogens (tertiary/aromatic N) is 3. The van der Waals surface area contributed by atoms with E-state index in [1.807, 2.05) is 13.0 Å². The van der Waals surface area contributed by atoms with Gasteiger partial charge in [0.25, 0.3) is 5.56 Å². The number of H-pyrrole nitrogens is 1. The van der Waals surface area contributed by atoms with Crippen molar-refractivity contribution in [3.63, 3.8) is 0 Å². The second-order valence-electron chi connectivity index (χ2n) is 5.32. The summed E-state index contributed by atoms with van der Waals surface area (Å²) in [5.41, 5.74) is 0.857. The lowest BCUT2D eigenvalue weighted by Crippen LogP contribution is -2.39. The molecule has 0 saturated carbocycles. The fourth-order valence-corrected chi connectivity index (χ4v) is 2.59. The average molecular weight is 326 g/mol. The summed E-state index contributed by atoms with van der Waals surface area (Å²) in [7, 11) is 0. The maximum atomic E-state index is 12.4. The lowest BCUT2D eigenvalue weighted by Gasteiger charge is -2.06. The Morgan fingerprint density at radius 3 is 2.38 bits per heavy atom. The lowest BCUT2D eigenvalue weighted by molar-refractivity contribution is 0.475. The molecule has 0 aliphatic heterocycles. The van der Waals surface area contributed by atoms with Crippen LogP contribution in [-0.4, -0.2) is 24.2 Å². The van der Waals surface area contributed by atoms with Gasteiger partial charge >= 0.3 is 5.69 Å². The highest BCUT2D eigenvalue weighted by molar-refractivity contribution is 5.75. The van der Waals surface area contributed by atoms with Crippen molar-refractivity contribution in [1.82, 2.24) is 19.1 Å². The highest BCUT2D eigenvalue weighted by Gasteiger charge is 2.14. The maximum absolute atomic E-state index is 12.4. The van der Waals surface area contributed by atoms with Gasteiger partial charge in [0.15, 0.2) is 5.65 Å². The number of benzene rings is 1. The Kier molecular flexibility index (Phi) is 4.07. The predicted octanol–water partition coefficient (Wildman–Crippen LogP) is 1.80. The first-order valence-electron chi connectivity index (χ1n) is 7.75. The molecule has 2 aromatic heterocycles. The van der Waals surface area contributed by atoms with E-state index in [9.17, 15) is 14.7 Å². The van der Waals surface area contributed by atoms with Crippen LogP contribution in [0.25, 0.3) is 23.3 Å². The van der Waals surface area contributed by atoms with Crippen LogP contribution in [-0.2, 0) is 13.1 Å². The monoisotopic (exact) mass is 326 g/mol. The van der Waals surface area contributed by atoms with Crippen molar-refractivity contribution >= 4 is 23.3 Å². The van der Waals surface area contributed by atoms with E-state index in [0.29, 0.717) is 30.1 Å². The van der Waals surface area contributed by atoms with Crippen LogP contribution in [0.1, 0.15) is 25.2 Å². The Morgan fingerprint density at radius 1 is 1.08 bits per heavy atom. The van der Waals surface area contributed by atoms with Crippen LogP contribution < -0.4 is 11.2 Å². The Hall–Kier alpha value is -3.09. The summed E-state index contributed by atoms with van der Waals surface area (Å²) in [4.78, 5) is 32.1. The van der Waals surface area contributed by atoms with Gasteiger partial charge in [0.2, 0.25) is 0 Å². The van der Waals surface area contributed by atoms with E-state index >= 15 is 0 Å². The van der Waals surface area contributed by atoms with Gasteiger partial charge in [-0.15, -0.1) is 0 Å². The van der Waals surface area contributed by atoms with E-state index in [0.717, 1.165) is 5.56 Å². The number of hydrogen-bond donors (Lipinski definition) is 2. The molecule has 0 fully saturated rings. The van der Waals surface area contributed by atoms with Gasteiger partial charge in [-0.1, -0.05) is 18.2 Å². The maximum Gasteiger partial charge on any atom is 0.332 e. The Labute approximate surface area is 137 Å². The van der Waals surface area contributed by atoms with Crippen LogP contribution in [0.15, 0.2) is 33.9 Å². The summed E-state index contributed by atoms with van der Waals surface area (Å²) in [5, 5.41) is 9.29. The van der Waals surface area contributed by atoms with Crippen molar-refractivity contribution in [3.05, 3.63) is 56.5 Å². The zero-order valence-corrected chi connectivity index (χ0v) is 13.5. The largest absolute Gasteiger partial charge is 0.508 e. The van der Waals surface area contributed by atoms with Gasteiger partial charge in [-0.25, -0.2) is 9.78 Å². The van der Waals surface area contributed by atoms with Gasteiger partial charge < -0.3 is 10.1 Å². The van der Waals surface area contributed by atoms with E-state index in [2.05, 4.69) is 9.97 Å². The summed E-state index contributed by atoms with van der Waals surface area (Å²) in [6.07, 6.45) is 3.54. The fourth-order valence-electron chi connectivity index (χ4n) is 2.59. The highest BCUT2D eigenvalue weighted by Crippen LogP contribution is 2.13. The molecule has 0 amide bonds. The van der Waals surface area contributed by atoms with E-state index in [-0.39, 0.29) is 17.0 Å². The first-order chi connectivity index (χ1) is 11.5. The highest BCUT2D eigenvalue weighted by atomic mass is 16.3. The van der Waals surface area contributed by atoms with Crippen LogP contribution >= 0.6 is 0 Å². The molecule has 1 aromatic carbocycles. The summed E-state index contributed by atoms with van der Waals surface area (Å²) in [6, 6.07) is 6.71. The molecule has 3 rings (SSSR count). The molecule has 0 radical (unpaired) electrons. The van der Waals surface area contributed by atoms with E-state index in [1.165, 1.54) is 9.13 Å². The van der Waals surface area contributed by atoms with Crippen molar-refractivity contribution in [2.45, 2.75) is 26.9 Å². The van der Waals surface area contributed by atoms with Crippen molar-refractivity contribution < 1.29 is 5.11 Å². The second-order valence-corrected chi connectivity index (χ2v) is 5.32. The smallest absolute Gasteiger partial charge is 0.332 e. The molecule has 24 heavy (non-hydrogen) atoms. The summed E-state index contributed by atoms with van der Waals surface area (Å²) in [5.74, 6) is 0.689. The zero-order chi connectivity index (χ0) is 17.3. The third kappa shape index (κ3) is 2.64. The Bertz CT molecular complexity index is 1020. The van der Waals surface area contributed by atoms with Crippen molar-refractivity contribution in [2.24, 2.45) is 0 Å². The average Bonchev–Trinajstić information content (AvgIpc) is 2.99. The molecule has 3 aromatic rings. The minimum Gasteiger partial charge on any atom is -0.508 e. The molecule has 124 valence electrons. The molecule has 7 nitrogen and oxygen atoms in total. The molecule has 0 spiro atoms. The Balaban J connectivity index is 2.11. The normalized spacial score (nSPS) is 11.6. The molecular weight excluding hydrogens is 308 g/mol. The van der Waals surface area contributed by atoms with E-state index in [4.69, 9.17) is 0 Å². The van der Waals surface area contributed by atoms with Gasteiger partial charge in [0.05, 0.1) is 0 Å². The number of rotatable bonds is 4. The molecule has 0 unspecified atom stereocenters.